The highest BCUT2D eigenvalue weighted by Gasteiger charge is 2.11. The predicted molar refractivity (Wildman–Crippen MR) is 82.4 cm³/mol. The Morgan fingerprint density at radius 2 is 1.53 bits per heavy atom. The van der Waals surface area contributed by atoms with Gasteiger partial charge in [-0.3, -0.25) is 4.79 Å². The molecular formula is C17H32O2. The molecule has 2 nitrogen and oxygen atoms in total. The minimum absolute atomic E-state index is 0.237. The van der Waals surface area contributed by atoms with Gasteiger partial charge in [0, 0.05) is 0 Å². The summed E-state index contributed by atoms with van der Waals surface area (Å²) in [6.45, 7) is 6.59. The second-order valence-corrected chi connectivity index (χ2v) is 5.53. The van der Waals surface area contributed by atoms with Gasteiger partial charge in [-0.1, -0.05) is 58.1 Å². The molecule has 0 fully saturated rings. The minimum Gasteiger partial charge on any atom is -0.481 e. The summed E-state index contributed by atoms with van der Waals surface area (Å²) in [5.41, 5.74) is 1.49. The lowest BCUT2D eigenvalue weighted by Crippen LogP contribution is -2.06. The Bertz CT molecular complexity index is 246. The molecule has 0 saturated heterocycles. The zero-order chi connectivity index (χ0) is 14.5. The first-order chi connectivity index (χ1) is 9.13. The fourth-order valence-corrected chi connectivity index (χ4v) is 2.37. The van der Waals surface area contributed by atoms with Crippen LogP contribution in [0.4, 0.5) is 0 Å². The van der Waals surface area contributed by atoms with Gasteiger partial charge >= 0.3 is 5.97 Å². The summed E-state index contributed by atoms with van der Waals surface area (Å²) in [6, 6.07) is 0. The van der Waals surface area contributed by atoms with Gasteiger partial charge < -0.3 is 5.11 Å². The Balaban J connectivity index is 4.58. The number of unbranched alkanes of at least 4 members (excludes halogenated alkanes) is 3. The molecule has 0 aliphatic heterocycles. The Morgan fingerprint density at radius 3 is 1.95 bits per heavy atom. The highest BCUT2D eigenvalue weighted by Crippen LogP contribution is 2.22. The largest absolute Gasteiger partial charge is 0.481 e. The van der Waals surface area contributed by atoms with Crippen LogP contribution in [0.15, 0.2) is 11.6 Å². The molecule has 0 spiro atoms. The molecular weight excluding hydrogens is 236 g/mol. The Morgan fingerprint density at radius 1 is 1.00 bits per heavy atom. The molecule has 0 aliphatic carbocycles. The maximum absolute atomic E-state index is 11.0. The third kappa shape index (κ3) is 10.8. The first kappa shape index (κ1) is 18.2. The molecule has 0 aromatic heterocycles. The van der Waals surface area contributed by atoms with E-state index in [4.69, 9.17) is 5.11 Å². The van der Waals surface area contributed by atoms with Crippen LogP contribution in [0.1, 0.15) is 85.0 Å². The molecule has 0 bridgehead atoms. The van der Waals surface area contributed by atoms with Crippen LogP contribution in [-0.2, 0) is 4.79 Å². The van der Waals surface area contributed by atoms with Crippen LogP contribution in [0.3, 0.4) is 0 Å². The van der Waals surface area contributed by atoms with Gasteiger partial charge in [0.2, 0.25) is 0 Å². The van der Waals surface area contributed by atoms with Gasteiger partial charge in [-0.05, 0) is 38.0 Å². The lowest BCUT2D eigenvalue weighted by Gasteiger charge is -2.14. The van der Waals surface area contributed by atoms with E-state index in [1.54, 1.807) is 0 Å². The molecule has 19 heavy (non-hydrogen) atoms. The summed E-state index contributed by atoms with van der Waals surface area (Å²) < 4.78 is 0. The first-order valence-corrected chi connectivity index (χ1v) is 8.05. The van der Waals surface area contributed by atoms with Crippen LogP contribution in [0.25, 0.3) is 0 Å². The number of hydrogen-bond acceptors (Lipinski definition) is 1. The van der Waals surface area contributed by atoms with Gasteiger partial charge in [0.25, 0.3) is 0 Å². The smallest absolute Gasteiger partial charge is 0.303 e. The van der Waals surface area contributed by atoms with Crippen molar-refractivity contribution in [1.29, 1.82) is 0 Å². The summed E-state index contributed by atoms with van der Waals surface area (Å²) in [4.78, 5) is 11.0. The molecule has 1 unspecified atom stereocenters. The fraction of sp³-hybridized carbons (Fsp3) is 0.824. The van der Waals surface area contributed by atoms with Crippen molar-refractivity contribution in [2.75, 3.05) is 0 Å². The normalized spacial score (nSPS) is 12.2. The molecule has 0 radical (unpaired) electrons. The van der Waals surface area contributed by atoms with Crippen LogP contribution >= 0.6 is 0 Å². The number of hydrogen-bond donors (Lipinski definition) is 1. The van der Waals surface area contributed by atoms with Crippen molar-refractivity contribution in [2.45, 2.75) is 85.0 Å². The van der Waals surface area contributed by atoms with E-state index < -0.39 is 5.97 Å². The van der Waals surface area contributed by atoms with Crippen LogP contribution < -0.4 is 0 Å². The second-order valence-electron chi connectivity index (χ2n) is 5.53. The van der Waals surface area contributed by atoms with Gasteiger partial charge in [-0.2, -0.15) is 0 Å². The van der Waals surface area contributed by atoms with E-state index in [0.717, 1.165) is 32.1 Å². The van der Waals surface area contributed by atoms with Crippen LogP contribution in [0, 0.1) is 5.92 Å². The topological polar surface area (TPSA) is 37.3 Å². The first-order valence-electron chi connectivity index (χ1n) is 8.05. The summed E-state index contributed by atoms with van der Waals surface area (Å²) in [7, 11) is 0. The van der Waals surface area contributed by atoms with Crippen molar-refractivity contribution < 1.29 is 9.90 Å². The van der Waals surface area contributed by atoms with E-state index in [2.05, 4.69) is 26.8 Å². The van der Waals surface area contributed by atoms with E-state index in [1.807, 2.05) is 0 Å². The SMILES string of the molecule is CCCCC(=CC(CCCC)CC(=O)O)CCCC. The molecule has 0 heterocycles. The molecule has 0 aliphatic rings. The van der Waals surface area contributed by atoms with Crippen LogP contribution in [0.2, 0.25) is 0 Å². The molecule has 0 aromatic rings. The summed E-state index contributed by atoms with van der Waals surface area (Å²) in [5.74, 6) is -0.427. The highest BCUT2D eigenvalue weighted by molar-refractivity contribution is 5.67. The number of aliphatic carboxylic acids is 1. The highest BCUT2D eigenvalue weighted by atomic mass is 16.4. The molecule has 0 saturated carbocycles. The molecule has 0 amide bonds. The summed E-state index contributed by atoms with van der Waals surface area (Å²) >= 11 is 0. The standard InChI is InChI=1S/C17H32O2/c1-4-7-10-15(11-8-5-2)13-16(12-9-6-3)14-17(18)19/h13,16H,4-12,14H2,1-3H3,(H,18,19). The van der Waals surface area contributed by atoms with Crippen LogP contribution in [-0.4, -0.2) is 11.1 Å². The monoisotopic (exact) mass is 268 g/mol. The Kier molecular flexibility index (Phi) is 11.7. The molecule has 112 valence electrons. The third-order valence-electron chi connectivity index (χ3n) is 3.54. The quantitative estimate of drug-likeness (QED) is 0.469. The van der Waals surface area contributed by atoms with Crippen molar-refractivity contribution in [3.8, 4) is 0 Å². The number of rotatable bonds is 12. The molecule has 0 aromatic carbocycles. The van der Waals surface area contributed by atoms with E-state index in [0.29, 0.717) is 6.42 Å². The fourth-order valence-electron chi connectivity index (χ4n) is 2.37. The predicted octanol–water partition coefficient (Wildman–Crippen LogP) is 5.57. The number of carbonyl (C=O) groups is 1. The molecule has 1 atom stereocenters. The minimum atomic E-state index is -0.664. The van der Waals surface area contributed by atoms with Gasteiger partial charge in [-0.25, -0.2) is 0 Å². The average Bonchev–Trinajstić information content (AvgIpc) is 2.38. The van der Waals surface area contributed by atoms with E-state index in [1.165, 1.54) is 31.3 Å². The van der Waals surface area contributed by atoms with Gasteiger partial charge in [0.05, 0.1) is 6.42 Å². The number of carboxylic acids is 1. The second kappa shape index (κ2) is 12.3. The molecule has 1 N–H and O–H groups in total. The molecule has 2 heteroatoms. The number of allylic oxidation sites excluding steroid dienone is 2. The van der Waals surface area contributed by atoms with Crippen molar-refractivity contribution in [2.24, 2.45) is 5.92 Å². The lowest BCUT2D eigenvalue weighted by atomic mass is 9.92. The Hall–Kier alpha value is -0.790. The van der Waals surface area contributed by atoms with Crippen molar-refractivity contribution in [3.05, 3.63) is 11.6 Å². The zero-order valence-electron chi connectivity index (χ0n) is 13.1. The van der Waals surface area contributed by atoms with Gasteiger partial charge in [0.1, 0.15) is 0 Å². The van der Waals surface area contributed by atoms with E-state index >= 15 is 0 Å². The van der Waals surface area contributed by atoms with Crippen molar-refractivity contribution >= 4 is 5.97 Å². The molecule has 0 rings (SSSR count). The maximum atomic E-state index is 11.0. The maximum Gasteiger partial charge on any atom is 0.303 e. The van der Waals surface area contributed by atoms with Crippen molar-refractivity contribution in [1.82, 2.24) is 0 Å². The Labute approximate surface area is 119 Å². The average molecular weight is 268 g/mol. The van der Waals surface area contributed by atoms with Crippen LogP contribution in [0.5, 0.6) is 0 Å². The van der Waals surface area contributed by atoms with Gasteiger partial charge in [0.15, 0.2) is 0 Å². The summed E-state index contributed by atoms with van der Waals surface area (Å²) in [5, 5.41) is 9.02. The van der Waals surface area contributed by atoms with Crippen molar-refractivity contribution in [3.63, 3.8) is 0 Å². The van der Waals surface area contributed by atoms with Gasteiger partial charge in [-0.15, -0.1) is 0 Å². The summed E-state index contributed by atoms with van der Waals surface area (Å²) in [6.07, 6.45) is 13.0. The lowest BCUT2D eigenvalue weighted by molar-refractivity contribution is -0.137. The zero-order valence-corrected chi connectivity index (χ0v) is 13.1. The van der Waals surface area contributed by atoms with E-state index in [9.17, 15) is 4.79 Å². The third-order valence-corrected chi connectivity index (χ3v) is 3.54. The van der Waals surface area contributed by atoms with E-state index in [-0.39, 0.29) is 5.92 Å². The number of carboxylic acid groups (broad SMARTS) is 1.